The molecule has 0 bridgehead atoms. The summed E-state index contributed by atoms with van der Waals surface area (Å²) >= 11 is 1.87. The zero-order valence-corrected chi connectivity index (χ0v) is 13.7. The molecule has 3 aromatic rings. The van der Waals surface area contributed by atoms with Crippen molar-refractivity contribution in [3.05, 3.63) is 29.0 Å². The van der Waals surface area contributed by atoms with Crippen LogP contribution in [-0.4, -0.2) is 51.0 Å². The number of anilines is 2. The number of hydrogen-bond acceptors (Lipinski definition) is 7. The van der Waals surface area contributed by atoms with Gasteiger partial charge in [-0.25, -0.2) is 4.98 Å². The van der Waals surface area contributed by atoms with Crippen molar-refractivity contribution < 1.29 is 0 Å². The van der Waals surface area contributed by atoms with Crippen molar-refractivity contribution in [1.29, 1.82) is 0 Å². The molecule has 5 rings (SSSR count). The van der Waals surface area contributed by atoms with E-state index in [1.165, 1.54) is 28.5 Å². The molecule has 8 heteroatoms. The lowest BCUT2D eigenvalue weighted by atomic mass is 10.1. The van der Waals surface area contributed by atoms with E-state index < -0.39 is 0 Å². The minimum Gasteiger partial charge on any atom is -0.351 e. The number of likely N-dealkylation sites (N-methyl/N-ethyl adjacent to an activating group) is 1. The lowest BCUT2D eigenvalue weighted by Gasteiger charge is -2.44. The van der Waals surface area contributed by atoms with Crippen LogP contribution in [0.4, 0.5) is 10.9 Å². The SMILES string of the molecule is CN(c1nc2c(s1)CCC2)C1CN(c2ccc3nncn3n2)C1. The average Bonchev–Trinajstić information content (AvgIpc) is 3.20. The summed E-state index contributed by atoms with van der Waals surface area (Å²) in [5, 5.41) is 13.6. The molecule has 0 N–H and O–H groups in total. The quantitative estimate of drug-likeness (QED) is 0.724. The van der Waals surface area contributed by atoms with Crippen molar-refractivity contribution in [2.45, 2.75) is 25.3 Å². The Balaban J connectivity index is 1.29. The summed E-state index contributed by atoms with van der Waals surface area (Å²) in [5.41, 5.74) is 2.10. The van der Waals surface area contributed by atoms with Crippen molar-refractivity contribution in [3.63, 3.8) is 0 Å². The number of aromatic nitrogens is 5. The first-order chi connectivity index (χ1) is 11.3. The molecule has 0 aromatic carbocycles. The molecule has 2 aliphatic rings. The number of aryl methyl sites for hydroxylation is 2. The highest BCUT2D eigenvalue weighted by molar-refractivity contribution is 7.15. The van der Waals surface area contributed by atoms with E-state index in [0.717, 1.165) is 31.0 Å². The van der Waals surface area contributed by atoms with Gasteiger partial charge in [-0.1, -0.05) is 0 Å². The van der Waals surface area contributed by atoms with E-state index in [-0.39, 0.29) is 0 Å². The molecule has 4 heterocycles. The van der Waals surface area contributed by atoms with Gasteiger partial charge in [0.1, 0.15) is 12.1 Å². The van der Waals surface area contributed by atoms with Crippen LogP contribution in [0, 0.1) is 0 Å². The number of hydrogen-bond donors (Lipinski definition) is 0. The van der Waals surface area contributed by atoms with E-state index in [1.54, 1.807) is 10.8 Å². The summed E-state index contributed by atoms with van der Waals surface area (Å²) in [7, 11) is 2.16. The highest BCUT2D eigenvalue weighted by Gasteiger charge is 2.33. The van der Waals surface area contributed by atoms with Gasteiger partial charge in [0.25, 0.3) is 0 Å². The third kappa shape index (κ3) is 2.08. The Morgan fingerprint density at radius 3 is 3.04 bits per heavy atom. The molecule has 23 heavy (non-hydrogen) atoms. The van der Waals surface area contributed by atoms with E-state index in [4.69, 9.17) is 4.98 Å². The van der Waals surface area contributed by atoms with Crippen molar-refractivity contribution in [2.24, 2.45) is 0 Å². The second-order valence-electron chi connectivity index (χ2n) is 6.21. The Morgan fingerprint density at radius 2 is 2.17 bits per heavy atom. The van der Waals surface area contributed by atoms with Crippen LogP contribution >= 0.6 is 11.3 Å². The van der Waals surface area contributed by atoms with Crippen LogP contribution in [0.3, 0.4) is 0 Å². The fourth-order valence-electron chi connectivity index (χ4n) is 3.26. The predicted molar refractivity (Wildman–Crippen MR) is 89.3 cm³/mol. The molecule has 118 valence electrons. The molecular weight excluding hydrogens is 310 g/mol. The van der Waals surface area contributed by atoms with Gasteiger partial charge in [0.15, 0.2) is 10.8 Å². The van der Waals surface area contributed by atoms with Gasteiger partial charge in [-0.15, -0.1) is 26.6 Å². The van der Waals surface area contributed by atoms with E-state index in [2.05, 4.69) is 32.1 Å². The first-order valence-electron chi connectivity index (χ1n) is 7.91. The minimum absolute atomic E-state index is 0.500. The lowest BCUT2D eigenvalue weighted by molar-refractivity contribution is 0.489. The summed E-state index contributed by atoms with van der Waals surface area (Å²) in [5.74, 6) is 0.976. The molecule has 0 unspecified atom stereocenters. The largest absolute Gasteiger partial charge is 0.351 e. The molecule has 1 saturated heterocycles. The molecule has 7 nitrogen and oxygen atoms in total. The van der Waals surface area contributed by atoms with E-state index in [1.807, 2.05) is 23.5 Å². The van der Waals surface area contributed by atoms with Crippen LogP contribution in [0.5, 0.6) is 0 Å². The Labute approximate surface area is 137 Å². The topological polar surface area (TPSA) is 62.5 Å². The van der Waals surface area contributed by atoms with Gasteiger partial charge in [0.2, 0.25) is 0 Å². The van der Waals surface area contributed by atoms with Crippen LogP contribution < -0.4 is 9.80 Å². The van der Waals surface area contributed by atoms with Crippen LogP contribution in [0.1, 0.15) is 17.0 Å². The van der Waals surface area contributed by atoms with Crippen molar-refractivity contribution in [2.75, 3.05) is 29.9 Å². The van der Waals surface area contributed by atoms with Gasteiger partial charge < -0.3 is 9.80 Å². The Morgan fingerprint density at radius 1 is 1.26 bits per heavy atom. The third-order valence-corrected chi connectivity index (χ3v) is 6.02. The van der Waals surface area contributed by atoms with Crippen LogP contribution in [0.2, 0.25) is 0 Å². The second-order valence-corrected chi connectivity index (χ2v) is 7.28. The van der Waals surface area contributed by atoms with Crippen LogP contribution in [0.15, 0.2) is 18.5 Å². The Bertz CT molecular complexity index is 842. The summed E-state index contributed by atoms with van der Waals surface area (Å²) in [6.07, 6.45) is 5.27. The molecule has 1 aliphatic carbocycles. The minimum atomic E-state index is 0.500. The van der Waals surface area contributed by atoms with Crippen molar-refractivity contribution >= 4 is 27.9 Å². The van der Waals surface area contributed by atoms with Gasteiger partial charge in [-0.2, -0.15) is 4.52 Å². The standard InChI is InChI=1S/C15H17N7S/c1-20(15-17-11-3-2-4-12(11)23-15)10-7-21(8-10)14-6-5-13-18-16-9-22(13)19-14/h5-6,9-10H,2-4,7-8H2,1H3. The average molecular weight is 327 g/mol. The third-order valence-electron chi connectivity index (χ3n) is 4.77. The molecule has 0 radical (unpaired) electrons. The molecular formula is C15H17N7S. The molecule has 1 aliphatic heterocycles. The Kier molecular flexibility index (Phi) is 2.81. The zero-order chi connectivity index (χ0) is 15.4. The zero-order valence-electron chi connectivity index (χ0n) is 12.9. The van der Waals surface area contributed by atoms with E-state index in [9.17, 15) is 0 Å². The second kappa shape index (κ2) is 4.89. The monoisotopic (exact) mass is 327 g/mol. The van der Waals surface area contributed by atoms with Gasteiger partial charge in [-0.3, -0.25) is 0 Å². The Hall–Kier alpha value is -2.22. The fraction of sp³-hybridized carbons (Fsp3) is 0.467. The summed E-state index contributed by atoms with van der Waals surface area (Å²) in [4.78, 5) is 10.9. The summed E-state index contributed by atoms with van der Waals surface area (Å²) < 4.78 is 1.72. The maximum atomic E-state index is 4.82. The molecule has 0 spiro atoms. The van der Waals surface area contributed by atoms with E-state index >= 15 is 0 Å². The van der Waals surface area contributed by atoms with Gasteiger partial charge >= 0.3 is 0 Å². The smallest absolute Gasteiger partial charge is 0.185 e. The number of rotatable bonds is 3. The van der Waals surface area contributed by atoms with Crippen molar-refractivity contribution in [3.8, 4) is 0 Å². The van der Waals surface area contributed by atoms with Gasteiger partial charge in [0, 0.05) is 25.0 Å². The number of fused-ring (bicyclic) bond motifs is 2. The molecule has 3 aromatic heterocycles. The van der Waals surface area contributed by atoms with Crippen LogP contribution in [0.25, 0.3) is 5.65 Å². The lowest BCUT2D eigenvalue weighted by Crippen LogP contribution is -2.59. The van der Waals surface area contributed by atoms with E-state index in [0.29, 0.717) is 6.04 Å². The first kappa shape index (κ1) is 13.2. The summed E-state index contributed by atoms with van der Waals surface area (Å²) in [6, 6.07) is 4.47. The summed E-state index contributed by atoms with van der Waals surface area (Å²) in [6.45, 7) is 1.95. The first-order valence-corrected chi connectivity index (χ1v) is 8.73. The molecule has 0 amide bonds. The normalized spacial score (nSPS) is 17.5. The molecule has 0 atom stereocenters. The predicted octanol–water partition coefficient (Wildman–Crippen LogP) is 1.39. The maximum absolute atomic E-state index is 4.82. The highest BCUT2D eigenvalue weighted by atomic mass is 32.1. The maximum Gasteiger partial charge on any atom is 0.185 e. The number of nitrogens with zero attached hydrogens (tertiary/aromatic N) is 7. The van der Waals surface area contributed by atoms with Gasteiger partial charge in [0.05, 0.1) is 11.7 Å². The van der Waals surface area contributed by atoms with Gasteiger partial charge in [-0.05, 0) is 31.4 Å². The highest BCUT2D eigenvalue weighted by Crippen LogP contribution is 2.34. The molecule has 1 fully saturated rings. The molecule has 0 saturated carbocycles. The number of thiazole rings is 1. The van der Waals surface area contributed by atoms with Crippen molar-refractivity contribution in [1.82, 2.24) is 24.8 Å². The van der Waals surface area contributed by atoms with Crippen LogP contribution in [-0.2, 0) is 12.8 Å². The fourth-order valence-corrected chi connectivity index (χ4v) is 4.44.